The number of aromatic nitrogens is 2. The first-order valence-electron chi connectivity index (χ1n) is 8.90. The number of nitrogens with zero attached hydrogens (tertiary/aromatic N) is 2. The van der Waals surface area contributed by atoms with Crippen LogP contribution in [0.15, 0.2) is 36.7 Å². The summed E-state index contributed by atoms with van der Waals surface area (Å²) >= 11 is 3.16. The Balaban J connectivity index is 1.57. The van der Waals surface area contributed by atoms with E-state index in [0.717, 1.165) is 21.6 Å². The molecule has 4 rings (SSSR count). The zero-order valence-electron chi connectivity index (χ0n) is 15.6. The van der Waals surface area contributed by atoms with Gasteiger partial charge in [-0.25, -0.2) is 9.97 Å². The van der Waals surface area contributed by atoms with Crippen LogP contribution >= 0.6 is 22.7 Å². The van der Waals surface area contributed by atoms with Gasteiger partial charge in [-0.3, -0.25) is 4.79 Å². The van der Waals surface area contributed by atoms with Crippen molar-refractivity contribution in [3.63, 3.8) is 0 Å². The summed E-state index contributed by atoms with van der Waals surface area (Å²) in [4.78, 5) is 24.0. The average molecular weight is 413 g/mol. The lowest BCUT2D eigenvalue weighted by atomic mass is 10.2. The third-order valence-electron chi connectivity index (χ3n) is 4.43. The van der Waals surface area contributed by atoms with Crippen LogP contribution in [0.3, 0.4) is 0 Å². The Morgan fingerprint density at radius 1 is 1.21 bits per heavy atom. The lowest BCUT2D eigenvalue weighted by molar-refractivity contribution is 0.0940. The maximum Gasteiger partial charge on any atom is 0.261 e. The molecule has 2 N–H and O–H groups in total. The fourth-order valence-electron chi connectivity index (χ4n) is 3.06. The molecule has 0 atom stereocenters. The molecule has 4 aromatic rings. The van der Waals surface area contributed by atoms with Crippen molar-refractivity contribution >= 4 is 54.7 Å². The smallest absolute Gasteiger partial charge is 0.261 e. The predicted molar refractivity (Wildman–Crippen MR) is 116 cm³/mol. The fourth-order valence-corrected chi connectivity index (χ4v) is 5.13. The number of carbonyl (C=O) groups excluding carboxylic acids is 1. The molecule has 0 spiro atoms. The van der Waals surface area contributed by atoms with Crippen LogP contribution in [0.5, 0.6) is 0 Å². The van der Waals surface area contributed by atoms with Gasteiger partial charge in [-0.15, -0.1) is 22.7 Å². The van der Waals surface area contributed by atoms with E-state index >= 15 is 0 Å². The second-order valence-electron chi connectivity index (χ2n) is 6.31. The summed E-state index contributed by atoms with van der Waals surface area (Å²) in [6.45, 7) is 3.58. The summed E-state index contributed by atoms with van der Waals surface area (Å²) < 4.78 is 6.26. The number of carbonyl (C=O) groups is 1. The molecule has 0 bridgehead atoms. The molecule has 0 saturated carbocycles. The minimum absolute atomic E-state index is 0.104. The van der Waals surface area contributed by atoms with Gasteiger partial charge in [-0.1, -0.05) is 18.2 Å². The van der Waals surface area contributed by atoms with Crippen molar-refractivity contribution in [1.82, 2.24) is 15.3 Å². The fraction of sp³-hybridized carbons (Fsp3) is 0.250. The molecule has 3 aromatic heterocycles. The van der Waals surface area contributed by atoms with E-state index in [2.05, 4.69) is 44.9 Å². The summed E-state index contributed by atoms with van der Waals surface area (Å²) in [5.74, 6) is 0.653. The van der Waals surface area contributed by atoms with Crippen LogP contribution in [0, 0.1) is 6.92 Å². The standard InChI is InChI=1S/C20H20N4O2S2/c1-12-16-18(22-10-14-9-13-5-3-4-6-15(13)27-14)23-11-24-20(16)28-17(12)19(25)21-7-8-26-2/h3-6,9,11H,7-8,10H2,1-2H3,(H,21,25)(H,22,23,24). The van der Waals surface area contributed by atoms with Crippen LogP contribution in [0.1, 0.15) is 20.1 Å². The van der Waals surface area contributed by atoms with E-state index in [1.165, 1.54) is 32.6 Å². The number of ether oxygens (including phenoxy) is 1. The van der Waals surface area contributed by atoms with Gasteiger partial charge in [0.05, 0.1) is 23.4 Å². The van der Waals surface area contributed by atoms with Gasteiger partial charge in [0.25, 0.3) is 5.91 Å². The highest BCUT2D eigenvalue weighted by Gasteiger charge is 2.19. The number of thiophene rings is 2. The number of hydrogen-bond donors (Lipinski definition) is 2. The van der Waals surface area contributed by atoms with Crippen molar-refractivity contribution in [3.05, 3.63) is 52.0 Å². The third-order valence-corrected chi connectivity index (χ3v) is 6.75. The van der Waals surface area contributed by atoms with Crippen LogP contribution < -0.4 is 10.6 Å². The van der Waals surface area contributed by atoms with Crippen LogP contribution in [0.4, 0.5) is 5.82 Å². The molecule has 0 aliphatic carbocycles. The maximum absolute atomic E-state index is 12.5. The molecule has 3 heterocycles. The van der Waals surface area contributed by atoms with E-state index in [9.17, 15) is 4.79 Å². The predicted octanol–water partition coefficient (Wildman–Crippen LogP) is 4.20. The van der Waals surface area contributed by atoms with E-state index in [1.54, 1.807) is 18.4 Å². The molecule has 0 aliphatic rings. The number of anilines is 1. The van der Waals surface area contributed by atoms with Crippen LogP contribution in [-0.2, 0) is 11.3 Å². The SMILES string of the molecule is COCCNC(=O)c1sc2ncnc(NCc3cc4ccccc4s3)c2c1C. The molecular weight excluding hydrogens is 392 g/mol. The van der Waals surface area contributed by atoms with Crippen LogP contribution in [0.2, 0.25) is 0 Å². The topological polar surface area (TPSA) is 76.1 Å². The first-order chi connectivity index (χ1) is 13.7. The highest BCUT2D eigenvalue weighted by molar-refractivity contribution is 7.20. The Bertz CT molecular complexity index is 1100. The van der Waals surface area contributed by atoms with Crippen LogP contribution in [-0.4, -0.2) is 36.1 Å². The van der Waals surface area contributed by atoms with E-state index in [4.69, 9.17) is 4.74 Å². The summed E-state index contributed by atoms with van der Waals surface area (Å²) in [6.07, 6.45) is 1.54. The molecule has 28 heavy (non-hydrogen) atoms. The second kappa shape index (κ2) is 8.22. The molecular formula is C20H20N4O2S2. The summed E-state index contributed by atoms with van der Waals surface area (Å²) in [7, 11) is 1.61. The van der Waals surface area contributed by atoms with Gasteiger partial charge in [0.15, 0.2) is 0 Å². The van der Waals surface area contributed by atoms with E-state index in [-0.39, 0.29) is 5.91 Å². The highest BCUT2D eigenvalue weighted by atomic mass is 32.1. The quantitative estimate of drug-likeness (QED) is 0.445. The number of rotatable bonds is 7. The lowest BCUT2D eigenvalue weighted by Crippen LogP contribution is -2.26. The van der Waals surface area contributed by atoms with Crippen LogP contribution in [0.25, 0.3) is 20.3 Å². The number of hydrogen-bond acceptors (Lipinski definition) is 7. The van der Waals surface area contributed by atoms with Crippen molar-refractivity contribution in [1.29, 1.82) is 0 Å². The van der Waals surface area contributed by atoms with Gasteiger partial charge in [0.2, 0.25) is 0 Å². The van der Waals surface area contributed by atoms with Crippen molar-refractivity contribution < 1.29 is 9.53 Å². The van der Waals surface area contributed by atoms with Crippen molar-refractivity contribution in [2.24, 2.45) is 0 Å². The number of fused-ring (bicyclic) bond motifs is 2. The maximum atomic E-state index is 12.5. The first-order valence-corrected chi connectivity index (χ1v) is 10.5. The molecule has 1 amide bonds. The molecule has 8 heteroatoms. The Kier molecular flexibility index (Phi) is 5.52. The highest BCUT2D eigenvalue weighted by Crippen LogP contribution is 2.34. The lowest BCUT2D eigenvalue weighted by Gasteiger charge is -2.06. The summed E-state index contributed by atoms with van der Waals surface area (Å²) in [5.41, 5.74) is 0.898. The minimum atomic E-state index is -0.104. The largest absolute Gasteiger partial charge is 0.383 e. The molecule has 0 aliphatic heterocycles. The number of aryl methyl sites for hydroxylation is 1. The molecule has 0 fully saturated rings. The van der Waals surface area contributed by atoms with Crippen molar-refractivity contribution in [2.45, 2.75) is 13.5 Å². The molecule has 144 valence electrons. The number of nitrogens with one attached hydrogen (secondary N) is 2. The van der Waals surface area contributed by atoms with E-state index in [0.29, 0.717) is 24.6 Å². The van der Waals surface area contributed by atoms with Crippen molar-refractivity contribution in [3.8, 4) is 0 Å². The minimum Gasteiger partial charge on any atom is -0.383 e. The van der Waals surface area contributed by atoms with Gasteiger partial charge >= 0.3 is 0 Å². The van der Waals surface area contributed by atoms with Crippen molar-refractivity contribution in [2.75, 3.05) is 25.6 Å². The van der Waals surface area contributed by atoms with E-state index < -0.39 is 0 Å². The summed E-state index contributed by atoms with van der Waals surface area (Å²) in [6, 6.07) is 10.5. The van der Waals surface area contributed by atoms with Gasteiger partial charge in [0, 0.05) is 23.2 Å². The molecule has 6 nitrogen and oxygen atoms in total. The Hall–Kier alpha value is -2.55. The zero-order valence-corrected chi connectivity index (χ0v) is 17.2. The number of benzene rings is 1. The van der Waals surface area contributed by atoms with Gasteiger partial charge in [0.1, 0.15) is 17.0 Å². The number of methoxy groups -OCH3 is 1. The molecule has 0 unspecified atom stereocenters. The second-order valence-corrected chi connectivity index (χ2v) is 8.48. The van der Waals surface area contributed by atoms with E-state index in [1.807, 2.05) is 13.0 Å². The Morgan fingerprint density at radius 3 is 2.89 bits per heavy atom. The van der Waals surface area contributed by atoms with Gasteiger partial charge < -0.3 is 15.4 Å². The monoisotopic (exact) mass is 412 g/mol. The molecule has 0 radical (unpaired) electrons. The third kappa shape index (κ3) is 3.71. The Morgan fingerprint density at radius 2 is 2.07 bits per heavy atom. The van der Waals surface area contributed by atoms with Gasteiger partial charge in [-0.05, 0) is 30.0 Å². The summed E-state index contributed by atoms with van der Waals surface area (Å²) in [5, 5.41) is 8.45. The normalized spacial score (nSPS) is 11.2. The number of amides is 1. The average Bonchev–Trinajstić information content (AvgIpc) is 3.27. The molecule has 1 aromatic carbocycles. The zero-order chi connectivity index (χ0) is 19.5. The first kappa shape index (κ1) is 18.8. The molecule has 0 saturated heterocycles. The van der Waals surface area contributed by atoms with Gasteiger partial charge in [-0.2, -0.15) is 0 Å². The Labute approximate surface area is 170 Å².